The Morgan fingerprint density at radius 2 is 1.64 bits per heavy atom. The highest BCUT2D eigenvalue weighted by molar-refractivity contribution is 5.73. The van der Waals surface area contributed by atoms with Crippen molar-refractivity contribution >= 4 is 17.9 Å². The summed E-state index contributed by atoms with van der Waals surface area (Å²) in [5, 5.41) is 8.98. The number of carboxylic acids is 1. The molecule has 2 fully saturated rings. The van der Waals surface area contributed by atoms with E-state index in [4.69, 9.17) is 9.84 Å². The second-order valence-electron chi connectivity index (χ2n) is 5.76. The molecule has 8 nitrogen and oxygen atoms in total. The first-order valence-corrected chi connectivity index (χ1v) is 7.70. The average Bonchev–Trinajstić information content (AvgIpc) is 2.74. The summed E-state index contributed by atoms with van der Waals surface area (Å²) < 4.78 is 5.18. The predicted molar refractivity (Wildman–Crippen MR) is 80.4 cm³/mol. The third-order valence-electron chi connectivity index (χ3n) is 4.18. The Balaban J connectivity index is 1.79. The zero-order chi connectivity index (χ0) is 15.5. The maximum absolute atomic E-state index is 10.9. The summed E-state index contributed by atoms with van der Waals surface area (Å²) in [5.74, 6) is 0.0144. The van der Waals surface area contributed by atoms with Crippen molar-refractivity contribution in [1.29, 1.82) is 0 Å². The zero-order valence-electron chi connectivity index (χ0n) is 12.7. The molecule has 8 heteroatoms. The lowest BCUT2D eigenvalue weighted by Gasteiger charge is -2.36. The largest absolute Gasteiger partial charge is 0.481 e. The van der Waals surface area contributed by atoms with E-state index < -0.39 is 5.97 Å². The van der Waals surface area contributed by atoms with Crippen LogP contribution in [-0.2, 0) is 4.79 Å². The van der Waals surface area contributed by atoms with Crippen LogP contribution in [0, 0.1) is 5.92 Å². The van der Waals surface area contributed by atoms with Crippen molar-refractivity contribution in [2.24, 2.45) is 5.92 Å². The van der Waals surface area contributed by atoms with Crippen molar-refractivity contribution in [3.63, 3.8) is 0 Å². The van der Waals surface area contributed by atoms with Crippen LogP contribution in [0.4, 0.5) is 11.9 Å². The van der Waals surface area contributed by atoms with Crippen LogP contribution >= 0.6 is 0 Å². The lowest BCUT2D eigenvalue weighted by atomic mass is 10.0. The molecular formula is C14H21N5O3. The van der Waals surface area contributed by atoms with E-state index in [1.54, 1.807) is 0 Å². The zero-order valence-corrected chi connectivity index (χ0v) is 12.7. The van der Waals surface area contributed by atoms with E-state index in [9.17, 15) is 4.79 Å². The van der Waals surface area contributed by atoms with Crippen LogP contribution in [0.3, 0.4) is 0 Å². The number of carbonyl (C=O) groups is 1. The molecule has 0 radical (unpaired) electrons. The SMILES string of the molecule is COc1nc(N2CCCCCC2)nc(N2CC(C(=O)O)C2)n1. The van der Waals surface area contributed by atoms with E-state index in [0.717, 1.165) is 25.9 Å². The Morgan fingerprint density at radius 3 is 2.18 bits per heavy atom. The van der Waals surface area contributed by atoms with E-state index in [1.807, 2.05) is 4.90 Å². The molecule has 1 N–H and O–H groups in total. The van der Waals surface area contributed by atoms with Crippen molar-refractivity contribution in [2.75, 3.05) is 43.1 Å². The normalized spacial score (nSPS) is 19.5. The first kappa shape index (κ1) is 14.8. The summed E-state index contributed by atoms with van der Waals surface area (Å²) in [6, 6.07) is 0.281. The van der Waals surface area contributed by atoms with Crippen molar-refractivity contribution in [2.45, 2.75) is 25.7 Å². The van der Waals surface area contributed by atoms with Crippen LogP contribution < -0.4 is 14.5 Å². The van der Waals surface area contributed by atoms with E-state index in [1.165, 1.54) is 20.0 Å². The number of aliphatic carboxylic acids is 1. The van der Waals surface area contributed by atoms with Gasteiger partial charge in [0.25, 0.3) is 0 Å². The van der Waals surface area contributed by atoms with Gasteiger partial charge in [0.1, 0.15) is 0 Å². The van der Waals surface area contributed by atoms with Gasteiger partial charge in [-0.2, -0.15) is 15.0 Å². The van der Waals surface area contributed by atoms with Crippen LogP contribution in [-0.4, -0.2) is 59.3 Å². The fourth-order valence-electron chi connectivity index (χ4n) is 2.78. The standard InChI is InChI=1S/C14H21N5O3/c1-22-14-16-12(18-6-4-2-3-5-7-18)15-13(17-14)19-8-10(9-19)11(20)21/h10H,2-9H2,1H3,(H,20,21). The summed E-state index contributed by atoms with van der Waals surface area (Å²) in [6.45, 7) is 2.73. The minimum atomic E-state index is -0.773. The summed E-state index contributed by atoms with van der Waals surface area (Å²) >= 11 is 0. The van der Waals surface area contributed by atoms with Crippen LogP contribution in [0.5, 0.6) is 6.01 Å². The summed E-state index contributed by atoms with van der Waals surface area (Å²) in [7, 11) is 1.53. The first-order valence-electron chi connectivity index (χ1n) is 7.70. The Hall–Kier alpha value is -2.12. The molecule has 3 rings (SSSR count). The highest BCUT2D eigenvalue weighted by Gasteiger charge is 2.35. The Labute approximate surface area is 129 Å². The molecule has 2 saturated heterocycles. The Morgan fingerprint density at radius 1 is 1.05 bits per heavy atom. The fourth-order valence-corrected chi connectivity index (χ4v) is 2.78. The number of carboxylic acid groups (broad SMARTS) is 1. The number of nitrogens with zero attached hydrogens (tertiary/aromatic N) is 5. The maximum Gasteiger partial charge on any atom is 0.322 e. The molecule has 0 unspecified atom stereocenters. The van der Waals surface area contributed by atoms with E-state index >= 15 is 0 Å². The van der Waals surface area contributed by atoms with Gasteiger partial charge in [0.2, 0.25) is 11.9 Å². The Bertz CT molecular complexity index is 539. The number of ether oxygens (including phenoxy) is 1. The molecule has 120 valence electrons. The minimum Gasteiger partial charge on any atom is -0.481 e. The number of hydrogen-bond acceptors (Lipinski definition) is 7. The molecule has 0 aromatic carbocycles. The van der Waals surface area contributed by atoms with Gasteiger partial charge in [-0.1, -0.05) is 12.8 Å². The molecule has 3 heterocycles. The first-order chi connectivity index (χ1) is 10.7. The van der Waals surface area contributed by atoms with Crippen molar-refractivity contribution in [3.05, 3.63) is 0 Å². The number of rotatable bonds is 4. The van der Waals surface area contributed by atoms with Crippen LogP contribution in [0.25, 0.3) is 0 Å². The van der Waals surface area contributed by atoms with Crippen LogP contribution in [0.15, 0.2) is 0 Å². The van der Waals surface area contributed by atoms with Crippen molar-refractivity contribution in [3.8, 4) is 6.01 Å². The number of aromatic nitrogens is 3. The summed E-state index contributed by atoms with van der Waals surface area (Å²) in [5.41, 5.74) is 0. The van der Waals surface area contributed by atoms with Gasteiger partial charge in [-0.05, 0) is 12.8 Å². The van der Waals surface area contributed by atoms with E-state index in [-0.39, 0.29) is 11.9 Å². The molecule has 2 aliphatic heterocycles. The van der Waals surface area contributed by atoms with Crippen molar-refractivity contribution in [1.82, 2.24) is 15.0 Å². The monoisotopic (exact) mass is 307 g/mol. The van der Waals surface area contributed by atoms with Crippen molar-refractivity contribution < 1.29 is 14.6 Å². The number of hydrogen-bond donors (Lipinski definition) is 1. The van der Waals surface area contributed by atoms with Gasteiger partial charge in [0.15, 0.2) is 0 Å². The second-order valence-corrected chi connectivity index (χ2v) is 5.76. The topological polar surface area (TPSA) is 91.7 Å². The molecule has 0 saturated carbocycles. The molecule has 0 bridgehead atoms. The highest BCUT2D eigenvalue weighted by atomic mass is 16.5. The Kier molecular flexibility index (Phi) is 4.26. The van der Waals surface area contributed by atoms with Gasteiger partial charge >= 0.3 is 12.0 Å². The quantitative estimate of drug-likeness (QED) is 0.872. The van der Waals surface area contributed by atoms with Gasteiger partial charge in [0.05, 0.1) is 13.0 Å². The number of methoxy groups -OCH3 is 1. The van der Waals surface area contributed by atoms with Crippen LogP contribution in [0.2, 0.25) is 0 Å². The van der Waals surface area contributed by atoms with Gasteiger partial charge < -0.3 is 19.6 Å². The van der Waals surface area contributed by atoms with E-state index in [2.05, 4.69) is 19.9 Å². The third kappa shape index (κ3) is 3.05. The lowest BCUT2D eigenvalue weighted by Crippen LogP contribution is -2.51. The van der Waals surface area contributed by atoms with Crippen LogP contribution in [0.1, 0.15) is 25.7 Å². The predicted octanol–water partition coefficient (Wildman–Crippen LogP) is 0.781. The van der Waals surface area contributed by atoms with Gasteiger partial charge in [-0.25, -0.2) is 0 Å². The van der Waals surface area contributed by atoms with E-state index in [0.29, 0.717) is 25.0 Å². The molecule has 0 atom stereocenters. The molecule has 1 aromatic heterocycles. The van der Waals surface area contributed by atoms with Gasteiger partial charge in [0, 0.05) is 26.2 Å². The third-order valence-corrected chi connectivity index (χ3v) is 4.18. The molecule has 0 spiro atoms. The highest BCUT2D eigenvalue weighted by Crippen LogP contribution is 2.25. The maximum atomic E-state index is 10.9. The average molecular weight is 307 g/mol. The minimum absolute atomic E-state index is 0.281. The fraction of sp³-hybridized carbons (Fsp3) is 0.714. The van der Waals surface area contributed by atoms with Gasteiger partial charge in [-0.15, -0.1) is 0 Å². The smallest absolute Gasteiger partial charge is 0.322 e. The molecule has 2 aliphatic rings. The van der Waals surface area contributed by atoms with Gasteiger partial charge in [-0.3, -0.25) is 4.79 Å². The molecule has 0 amide bonds. The summed E-state index contributed by atoms with van der Waals surface area (Å²) in [6.07, 6.45) is 4.73. The molecule has 22 heavy (non-hydrogen) atoms. The number of anilines is 2. The molecule has 1 aromatic rings. The molecule has 0 aliphatic carbocycles. The second kappa shape index (κ2) is 6.33. The molecular weight excluding hydrogens is 286 g/mol. The summed E-state index contributed by atoms with van der Waals surface area (Å²) in [4.78, 5) is 28.1. The lowest BCUT2D eigenvalue weighted by molar-refractivity contribution is -0.142.